The molecule has 0 radical (unpaired) electrons. The highest BCUT2D eigenvalue weighted by atomic mass is 35.5. The Bertz CT molecular complexity index is 1880. The van der Waals surface area contributed by atoms with Gasteiger partial charge in [-0.3, -0.25) is 5.10 Å². The highest BCUT2D eigenvalue weighted by molar-refractivity contribution is 6.34. The van der Waals surface area contributed by atoms with E-state index in [0.29, 0.717) is 30.3 Å². The van der Waals surface area contributed by atoms with Crippen LogP contribution < -0.4 is 14.5 Å². The van der Waals surface area contributed by atoms with Crippen molar-refractivity contribution in [1.82, 2.24) is 15.1 Å². The van der Waals surface area contributed by atoms with Gasteiger partial charge in [0.15, 0.2) is 0 Å². The van der Waals surface area contributed by atoms with Crippen molar-refractivity contribution < 1.29 is 19.4 Å². The van der Waals surface area contributed by atoms with E-state index in [2.05, 4.69) is 15.1 Å². The minimum Gasteiger partial charge on any atom is -0.494 e. The van der Waals surface area contributed by atoms with E-state index in [-0.39, 0.29) is 11.5 Å². The number of hydrogen-bond acceptors (Lipinski definition) is 7. The number of anilines is 2. The predicted octanol–water partition coefficient (Wildman–Crippen LogP) is 8.31. The molecule has 1 aliphatic rings. The van der Waals surface area contributed by atoms with Crippen molar-refractivity contribution in [3.63, 3.8) is 0 Å². The van der Waals surface area contributed by atoms with Gasteiger partial charge in [0.25, 0.3) is 0 Å². The second-order valence-corrected chi connectivity index (χ2v) is 14.0. The maximum absolute atomic E-state index is 13.0. The van der Waals surface area contributed by atoms with Crippen molar-refractivity contribution in [2.75, 3.05) is 50.6 Å². The molecule has 1 aromatic heterocycles. The summed E-state index contributed by atoms with van der Waals surface area (Å²) in [7, 11) is 5.70. The molecule has 2 atom stereocenters. The molecular weight excluding hydrogens is 673 g/mol. The number of hydrogen-bond donors (Lipinski definition) is 2. The largest absolute Gasteiger partial charge is 0.494 e. The van der Waals surface area contributed by atoms with Crippen LogP contribution in [0.3, 0.4) is 0 Å². The number of carbonyl (C=O) groups is 2. The van der Waals surface area contributed by atoms with Crippen LogP contribution in [0.5, 0.6) is 5.75 Å². The Morgan fingerprint density at radius 1 is 1.04 bits per heavy atom. The zero-order chi connectivity index (χ0) is 36.3. The van der Waals surface area contributed by atoms with Crippen molar-refractivity contribution >= 4 is 52.9 Å². The van der Waals surface area contributed by atoms with E-state index in [4.69, 9.17) is 27.9 Å². The van der Waals surface area contributed by atoms with Crippen LogP contribution in [0.25, 0.3) is 17.2 Å². The molecule has 2 unspecified atom stereocenters. The molecule has 0 bridgehead atoms. The number of fused-ring (bicyclic) bond motifs is 1. The van der Waals surface area contributed by atoms with Gasteiger partial charge in [0.1, 0.15) is 12.0 Å². The lowest BCUT2D eigenvalue weighted by molar-refractivity contribution is -0.109. The smallest absolute Gasteiger partial charge is 0.336 e. The highest BCUT2D eigenvalue weighted by Gasteiger charge is 2.41. The molecule has 0 saturated heterocycles. The molecule has 11 heteroatoms. The van der Waals surface area contributed by atoms with E-state index in [1.807, 2.05) is 101 Å². The molecule has 5 rings (SSSR count). The van der Waals surface area contributed by atoms with Gasteiger partial charge in [-0.25, -0.2) is 4.79 Å². The Morgan fingerprint density at radius 3 is 2.38 bits per heavy atom. The summed E-state index contributed by atoms with van der Waals surface area (Å²) >= 11 is 13.3. The molecule has 0 saturated carbocycles. The number of aryl methyl sites for hydroxylation is 4. The van der Waals surface area contributed by atoms with Crippen LogP contribution in [0.15, 0.2) is 48.7 Å². The number of benzene rings is 3. The van der Waals surface area contributed by atoms with Crippen LogP contribution in [0, 0.1) is 27.7 Å². The number of aromatic carboxylic acids is 1. The molecular formula is C39H45Cl2N5O4. The zero-order valence-corrected chi connectivity index (χ0v) is 31.2. The van der Waals surface area contributed by atoms with Crippen LogP contribution in [0.1, 0.15) is 62.8 Å². The summed E-state index contributed by atoms with van der Waals surface area (Å²) in [6.07, 6.45) is 6.11. The topological polar surface area (TPSA) is 102 Å². The minimum absolute atomic E-state index is 0.0880. The number of nitrogens with zero attached hydrogens (tertiary/aromatic N) is 4. The number of aromatic nitrogens is 2. The average Bonchev–Trinajstić information content (AvgIpc) is 3.57. The van der Waals surface area contributed by atoms with Gasteiger partial charge < -0.3 is 29.3 Å². The first-order chi connectivity index (χ1) is 23.8. The second kappa shape index (κ2) is 15.6. The molecule has 0 aliphatic carbocycles. The summed E-state index contributed by atoms with van der Waals surface area (Å²) < 4.78 is 6.14. The van der Waals surface area contributed by atoms with Crippen molar-refractivity contribution in [3.8, 4) is 16.9 Å². The van der Waals surface area contributed by atoms with Crippen LogP contribution in [-0.4, -0.2) is 79.3 Å². The second-order valence-electron chi connectivity index (χ2n) is 13.2. The SMILES string of the molecule is Cc1cc(OCCCC2c3ccc(Cl)c(-c4c(C)n[nH]c4C)c3N(CCN(C)c3ccc(/C=C\N(C)C)c(C(=O)O)c3)C2C=O)cc(C)c1Cl. The molecule has 50 heavy (non-hydrogen) atoms. The van der Waals surface area contributed by atoms with Crippen LogP contribution >= 0.6 is 23.2 Å². The van der Waals surface area contributed by atoms with Gasteiger partial charge in [0, 0.05) is 67.7 Å². The molecule has 2 heterocycles. The fraction of sp³-hybridized carbons (Fsp3) is 0.359. The number of H-pyrrole nitrogens is 1. The molecule has 264 valence electrons. The van der Waals surface area contributed by atoms with Crippen LogP contribution in [0.2, 0.25) is 10.0 Å². The Kier molecular flexibility index (Phi) is 11.5. The van der Waals surface area contributed by atoms with E-state index in [1.165, 1.54) is 0 Å². The fourth-order valence-electron chi connectivity index (χ4n) is 6.87. The number of carboxylic acid groups (broad SMARTS) is 1. The standard InChI is InChI=1S/C39H45Cl2N5O4/c1-23-19-29(20-24(2)37(23)41)50-18-8-9-30-31-12-13-33(40)36(35-25(3)42-43-26(35)4)38(31)46(34(30)22-47)17-16-45(7)28-11-10-27(14-15-44(5)6)32(21-28)39(48)49/h10-15,19-22,30,34H,8-9,16-18H2,1-7H3,(H,42,43)(H,48,49)/b15-14-. The van der Waals surface area contributed by atoms with E-state index in [1.54, 1.807) is 12.1 Å². The third-order valence-corrected chi connectivity index (χ3v) is 10.3. The van der Waals surface area contributed by atoms with Crippen molar-refractivity contribution in [1.29, 1.82) is 0 Å². The van der Waals surface area contributed by atoms with Gasteiger partial charge >= 0.3 is 5.97 Å². The summed E-state index contributed by atoms with van der Waals surface area (Å²) in [6.45, 7) is 9.37. The number of aldehydes is 1. The molecule has 4 aromatic rings. The lowest BCUT2D eigenvalue weighted by atomic mass is 9.89. The minimum atomic E-state index is -0.994. The Hall–Kier alpha value is -4.47. The van der Waals surface area contributed by atoms with Gasteiger partial charge in [0.05, 0.1) is 34.6 Å². The Balaban J connectivity index is 1.44. The van der Waals surface area contributed by atoms with Gasteiger partial charge in [-0.2, -0.15) is 5.10 Å². The Labute approximate surface area is 304 Å². The first-order valence-electron chi connectivity index (χ1n) is 16.7. The van der Waals surface area contributed by atoms with E-state index < -0.39 is 12.0 Å². The average molecular weight is 719 g/mol. The summed E-state index contributed by atoms with van der Waals surface area (Å²) in [5, 5.41) is 18.9. The zero-order valence-electron chi connectivity index (χ0n) is 29.7. The third-order valence-electron chi connectivity index (χ3n) is 9.41. The van der Waals surface area contributed by atoms with Crippen LogP contribution in [-0.2, 0) is 4.79 Å². The molecule has 2 N–H and O–H groups in total. The number of ether oxygens (including phenoxy) is 1. The van der Waals surface area contributed by atoms with Gasteiger partial charge in [0.2, 0.25) is 0 Å². The van der Waals surface area contributed by atoms with E-state index in [0.717, 1.165) is 80.5 Å². The van der Waals surface area contributed by atoms with E-state index in [9.17, 15) is 14.7 Å². The fourth-order valence-corrected chi connectivity index (χ4v) is 7.22. The molecule has 0 amide bonds. The highest BCUT2D eigenvalue weighted by Crippen LogP contribution is 2.51. The van der Waals surface area contributed by atoms with Gasteiger partial charge in [-0.15, -0.1) is 0 Å². The molecule has 9 nitrogen and oxygen atoms in total. The van der Waals surface area contributed by atoms with Crippen molar-refractivity contribution in [2.24, 2.45) is 0 Å². The van der Waals surface area contributed by atoms with Gasteiger partial charge in [-0.1, -0.05) is 35.3 Å². The normalized spacial score (nSPS) is 15.4. The molecule has 3 aromatic carbocycles. The molecule has 1 aliphatic heterocycles. The summed E-state index contributed by atoms with van der Waals surface area (Å²) in [4.78, 5) is 31.3. The summed E-state index contributed by atoms with van der Waals surface area (Å²) in [5.41, 5.74) is 9.05. The predicted molar refractivity (Wildman–Crippen MR) is 203 cm³/mol. The number of carbonyl (C=O) groups excluding carboxylic acids is 1. The van der Waals surface area contributed by atoms with Crippen LogP contribution in [0.4, 0.5) is 11.4 Å². The number of rotatable bonds is 14. The number of likely N-dealkylation sites (N-methyl/N-ethyl adjacent to an activating group) is 1. The number of halogens is 2. The maximum atomic E-state index is 13.0. The summed E-state index contributed by atoms with van der Waals surface area (Å²) in [5.74, 6) is -0.304. The first-order valence-corrected chi connectivity index (χ1v) is 17.5. The monoisotopic (exact) mass is 717 g/mol. The summed E-state index contributed by atoms with van der Waals surface area (Å²) in [6, 6.07) is 12.9. The number of nitrogens with one attached hydrogen (secondary N) is 1. The third kappa shape index (κ3) is 7.64. The van der Waals surface area contributed by atoms with Crippen molar-refractivity contribution in [2.45, 2.75) is 52.5 Å². The lowest BCUT2D eigenvalue weighted by Gasteiger charge is -2.31. The maximum Gasteiger partial charge on any atom is 0.336 e. The van der Waals surface area contributed by atoms with Crippen molar-refractivity contribution in [3.05, 3.63) is 97.9 Å². The van der Waals surface area contributed by atoms with E-state index >= 15 is 0 Å². The number of carboxylic acids is 1. The number of aromatic amines is 1. The van der Waals surface area contributed by atoms with Gasteiger partial charge in [-0.05, 0) is 105 Å². The Morgan fingerprint density at radius 2 is 1.76 bits per heavy atom. The lowest BCUT2D eigenvalue weighted by Crippen LogP contribution is -2.40. The molecule has 0 fully saturated rings. The first kappa shape index (κ1) is 36.8. The molecule has 0 spiro atoms. The quantitative estimate of drug-likeness (QED) is 0.0992.